The van der Waals surface area contributed by atoms with Crippen LogP contribution in [-0.4, -0.2) is 61.5 Å². The third-order valence-electron chi connectivity index (χ3n) is 3.49. The first-order chi connectivity index (χ1) is 9.76. The average molecular weight is 279 g/mol. The van der Waals surface area contributed by atoms with E-state index in [-0.39, 0.29) is 25.3 Å². The summed E-state index contributed by atoms with van der Waals surface area (Å²) in [6.45, 7) is 2.32. The molecule has 2 heterocycles. The predicted octanol–water partition coefficient (Wildman–Crippen LogP) is 0.291. The molecule has 1 aromatic rings. The van der Waals surface area contributed by atoms with Crippen molar-refractivity contribution < 1.29 is 24.1 Å². The summed E-state index contributed by atoms with van der Waals surface area (Å²) in [5, 5.41) is 9.10. The summed E-state index contributed by atoms with van der Waals surface area (Å²) in [6, 6.07) is 5.22. The van der Waals surface area contributed by atoms with E-state index in [2.05, 4.69) is 0 Å². The molecule has 1 aromatic carbocycles. The Kier molecular flexibility index (Phi) is 3.86. The van der Waals surface area contributed by atoms with E-state index in [4.69, 9.17) is 19.3 Å². The molecule has 2 aliphatic heterocycles. The molecule has 2 aliphatic rings. The molecule has 108 valence electrons. The molecular formula is C14H17NO5. The molecule has 20 heavy (non-hydrogen) atoms. The van der Waals surface area contributed by atoms with Gasteiger partial charge >= 0.3 is 0 Å². The predicted molar refractivity (Wildman–Crippen MR) is 70.2 cm³/mol. The first-order valence-corrected chi connectivity index (χ1v) is 6.64. The maximum atomic E-state index is 12.3. The van der Waals surface area contributed by atoms with Crippen molar-refractivity contribution >= 4 is 5.78 Å². The third-order valence-corrected chi connectivity index (χ3v) is 3.49. The molecule has 0 bridgehead atoms. The zero-order valence-electron chi connectivity index (χ0n) is 11.1. The maximum Gasteiger partial charge on any atom is 0.231 e. The Morgan fingerprint density at radius 3 is 3.05 bits per heavy atom. The standard InChI is InChI=1S/C14H17NO5/c16-8-11-6-15(3-4-18-11)7-12(17)10-1-2-13-14(5-10)20-9-19-13/h1-2,5,11,16H,3-4,6-9H2. The van der Waals surface area contributed by atoms with Gasteiger partial charge in [0.05, 0.1) is 25.9 Å². The first-order valence-electron chi connectivity index (χ1n) is 6.64. The number of morpholine rings is 1. The fourth-order valence-electron chi connectivity index (χ4n) is 2.40. The highest BCUT2D eigenvalue weighted by Crippen LogP contribution is 2.32. The average Bonchev–Trinajstić information content (AvgIpc) is 2.94. The fraction of sp³-hybridized carbons (Fsp3) is 0.500. The number of ether oxygens (including phenoxy) is 3. The van der Waals surface area contributed by atoms with Crippen molar-refractivity contribution in [3.8, 4) is 11.5 Å². The first kappa shape index (κ1) is 13.4. The molecule has 6 heteroatoms. The second kappa shape index (κ2) is 5.78. The van der Waals surface area contributed by atoms with Gasteiger partial charge in [0.15, 0.2) is 17.3 Å². The number of aliphatic hydroxyl groups is 1. The Hall–Kier alpha value is -1.63. The Morgan fingerprint density at radius 1 is 1.35 bits per heavy atom. The van der Waals surface area contributed by atoms with Crippen molar-refractivity contribution in [3.05, 3.63) is 23.8 Å². The van der Waals surface area contributed by atoms with Gasteiger partial charge in [-0.05, 0) is 18.2 Å². The molecule has 1 atom stereocenters. The number of aliphatic hydroxyl groups excluding tert-OH is 1. The largest absolute Gasteiger partial charge is 0.454 e. The van der Waals surface area contributed by atoms with E-state index in [1.807, 2.05) is 4.90 Å². The van der Waals surface area contributed by atoms with Gasteiger partial charge < -0.3 is 19.3 Å². The molecule has 0 saturated carbocycles. The van der Waals surface area contributed by atoms with Gasteiger partial charge in [-0.3, -0.25) is 9.69 Å². The summed E-state index contributed by atoms with van der Waals surface area (Å²) in [5.41, 5.74) is 0.612. The number of ketones is 1. The number of carbonyl (C=O) groups excluding carboxylic acids is 1. The second-order valence-corrected chi connectivity index (χ2v) is 4.90. The van der Waals surface area contributed by atoms with Crippen LogP contribution in [-0.2, 0) is 4.74 Å². The van der Waals surface area contributed by atoms with Crippen molar-refractivity contribution in [3.63, 3.8) is 0 Å². The molecule has 0 radical (unpaired) electrons. The lowest BCUT2D eigenvalue weighted by Gasteiger charge is -2.31. The summed E-state index contributed by atoms with van der Waals surface area (Å²) in [7, 11) is 0. The molecule has 0 amide bonds. The highest BCUT2D eigenvalue weighted by molar-refractivity contribution is 5.98. The minimum atomic E-state index is -0.201. The zero-order valence-corrected chi connectivity index (χ0v) is 11.1. The number of nitrogens with zero attached hydrogens (tertiary/aromatic N) is 1. The monoisotopic (exact) mass is 279 g/mol. The third kappa shape index (κ3) is 2.77. The summed E-state index contributed by atoms with van der Waals surface area (Å²) in [5.74, 6) is 1.32. The molecule has 1 fully saturated rings. The van der Waals surface area contributed by atoms with Crippen molar-refractivity contribution in [2.75, 3.05) is 39.6 Å². The fourth-order valence-corrected chi connectivity index (χ4v) is 2.40. The lowest BCUT2D eigenvalue weighted by molar-refractivity contribution is -0.0503. The number of hydrogen-bond acceptors (Lipinski definition) is 6. The number of hydrogen-bond donors (Lipinski definition) is 1. The normalized spacial score (nSPS) is 21.9. The van der Waals surface area contributed by atoms with Gasteiger partial charge in [-0.1, -0.05) is 0 Å². The Balaban J connectivity index is 1.64. The van der Waals surface area contributed by atoms with Crippen LogP contribution in [0.2, 0.25) is 0 Å². The molecule has 1 saturated heterocycles. The van der Waals surface area contributed by atoms with Gasteiger partial charge in [0.25, 0.3) is 0 Å². The van der Waals surface area contributed by atoms with E-state index in [1.54, 1.807) is 18.2 Å². The van der Waals surface area contributed by atoms with Crippen molar-refractivity contribution in [1.82, 2.24) is 4.90 Å². The number of benzene rings is 1. The van der Waals surface area contributed by atoms with Crippen molar-refractivity contribution in [2.45, 2.75) is 6.10 Å². The van der Waals surface area contributed by atoms with Crippen molar-refractivity contribution in [1.29, 1.82) is 0 Å². The van der Waals surface area contributed by atoms with Crippen LogP contribution in [0, 0.1) is 0 Å². The maximum absolute atomic E-state index is 12.3. The molecule has 0 spiro atoms. The van der Waals surface area contributed by atoms with E-state index < -0.39 is 0 Å². The van der Waals surface area contributed by atoms with Crippen LogP contribution in [0.4, 0.5) is 0 Å². The zero-order chi connectivity index (χ0) is 13.9. The highest BCUT2D eigenvalue weighted by atomic mass is 16.7. The van der Waals surface area contributed by atoms with Gasteiger partial charge in [0, 0.05) is 18.7 Å². The summed E-state index contributed by atoms with van der Waals surface area (Å²) in [6.07, 6.45) is -0.201. The topological polar surface area (TPSA) is 68.2 Å². The van der Waals surface area contributed by atoms with Crippen LogP contribution in [0.3, 0.4) is 0 Å². The molecule has 3 rings (SSSR count). The summed E-state index contributed by atoms with van der Waals surface area (Å²) in [4.78, 5) is 14.3. The molecule has 6 nitrogen and oxygen atoms in total. The Morgan fingerprint density at radius 2 is 2.20 bits per heavy atom. The molecular weight excluding hydrogens is 262 g/mol. The van der Waals surface area contributed by atoms with E-state index in [0.717, 1.165) is 0 Å². The lowest BCUT2D eigenvalue weighted by atomic mass is 10.1. The summed E-state index contributed by atoms with van der Waals surface area (Å²) < 4.78 is 15.9. The highest BCUT2D eigenvalue weighted by Gasteiger charge is 2.23. The van der Waals surface area contributed by atoms with Gasteiger partial charge in [0.1, 0.15) is 0 Å². The Labute approximate surface area is 116 Å². The van der Waals surface area contributed by atoms with Gasteiger partial charge in [0.2, 0.25) is 6.79 Å². The molecule has 0 aromatic heterocycles. The summed E-state index contributed by atoms with van der Waals surface area (Å²) >= 11 is 0. The number of fused-ring (bicyclic) bond motifs is 1. The number of rotatable bonds is 4. The number of carbonyl (C=O) groups is 1. The molecule has 1 N–H and O–H groups in total. The smallest absolute Gasteiger partial charge is 0.231 e. The number of Topliss-reactive ketones (excluding diaryl/α,β-unsaturated/α-hetero) is 1. The minimum Gasteiger partial charge on any atom is -0.454 e. The van der Waals surface area contributed by atoms with Crippen molar-refractivity contribution in [2.24, 2.45) is 0 Å². The van der Waals surface area contributed by atoms with Gasteiger partial charge in [-0.2, -0.15) is 0 Å². The van der Waals surface area contributed by atoms with E-state index in [0.29, 0.717) is 43.3 Å². The van der Waals surface area contributed by atoms with Crippen LogP contribution in [0.25, 0.3) is 0 Å². The van der Waals surface area contributed by atoms with E-state index in [9.17, 15) is 4.79 Å². The molecule has 1 unspecified atom stereocenters. The molecule has 0 aliphatic carbocycles. The van der Waals surface area contributed by atoms with E-state index in [1.165, 1.54) is 0 Å². The Bertz CT molecular complexity index is 504. The van der Waals surface area contributed by atoms with Gasteiger partial charge in [-0.25, -0.2) is 0 Å². The van der Waals surface area contributed by atoms with Crippen LogP contribution < -0.4 is 9.47 Å². The lowest BCUT2D eigenvalue weighted by Crippen LogP contribution is -2.45. The minimum absolute atomic E-state index is 0.0191. The second-order valence-electron chi connectivity index (χ2n) is 4.90. The van der Waals surface area contributed by atoms with E-state index >= 15 is 0 Å². The SMILES string of the molecule is O=C(CN1CCOC(CO)C1)c1ccc2c(c1)OCO2. The van der Waals surface area contributed by atoms with Gasteiger partial charge in [-0.15, -0.1) is 0 Å². The van der Waals surface area contributed by atoms with Crippen LogP contribution in [0.5, 0.6) is 11.5 Å². The van der Waals surface area contributed by atoms with Crippen LogP contribution in [0.15, 0.2) is 18.2 Å². The van der Waals surface area contributed by atoms with Crippen LogP contribution in [0.1, 0.15) is 10.4 Å². The van der Waals surface area contributed by atoms with Crippen LogP contribution >= 0.6 is 0 Å². The quantitative estimate of drug-likeness (QED) is 0.799.